The third-order valence-corrected chi connectivity index (χ3v) is 3.71. The number of hydrogen-bond acceptors (Lipinski definition) is 3. The molecule has 1 aromatic rings. The van der Waals surface area contributed by atoms with Gasteiger partial charge in [-0.05, 0) is 38.8 Å². The number of aryl methyl sites for hydroxylation is 1. The number of aliphatic hydroxyl groups is 1. The minimum Gasteiger partial charge on any atom is -0.393 e. The van der Waals surface area contributed by atoms with Gasteiger partial charge in [0.1, 0.15) is 0 Å². The molecule has 4 heteroatoms. The van der Waals surface area contributed by atoms with Crippen LogP contribution in [0.25, 0.3) is 0 Å². The molecule has 1 N–H and O–H groups in total. The fourth-order valence-electron chi connectivity index (χ4n) is 2.68. The first-order valence-corrected chi connectivity index (χ1v) is 6.49. The van der Waals surface area contributed by atoms with E-state index >= 15 is 0 Å². The summed E-state index contributed by atoms with van der Waals surface area (Å²) in [6.45, 7) is 1.99. The molecule has 1 saturated carbocycles. The van der Waals surface area contributed by atoms with E-state index in [0.29, 0.717) is 5.92 Å². The zero-order valence-electron chi connectivity index (χ0n) is 10.8. The minimum atomic E-state index is -0.0539. The molecule has 2 unspecified atom stereocenters. The van der Waals surface area contributed by atoms with E-state index < -0.39 is 0 Å². The molecule has 1 heterocycles. The van der Waals surface area contributed by atoms with Gasteiger partial charge in [-0.2, -0.15) is 5.10 Å². The molecule has 1 fully saturated rings. The third-order valence-electron chi connectivity index (χ3n) is 3.71. The maximum atomic E-state index is 9.76. The van der Waals surface area contributed by atoms with Crippen LogP contribution in [0.4, 0.5) is 0 Å². The van der Waals surface area contributed by atoms with Crippen LogP contribution in [-0.2, 0) is 13.6 Å². The number of aromatic nitrogens is 2. The average Bonchev–Trinajstić information content (AvgIpc) is 2.85. The highest BCUT2D eigenvalue weighted by Crippen LogP contribution is 2.28. The highest BCUT2D eigenvalue weighted by atomic mass is 16.3. The Morgan fingerprint density at radius 2 is 2.35 bits per heavy atom. The molecule has 0 radical (unpaired) electrons. The first kappa shape index (κ1) is 12.6. The molecule has 0 saturated heterocycles. The molecule has 17 heavy (non-hydrogen) atoms. The minimum absolute atomic E-state index is 0.0539. The van der Waals surface area contributed by atoms with E-state index in [9.17, 15) is 5.11 Å². The Labute approximate surface area is 103 Å². The summed E-state index contributed by atoms with van der Waals surface area (Å²) < 4.78 is 1.84. The smallest absolute Gasteiger partial charge is 0.0568 e. The van der Waals surface area contributed by atoms with Gasteiger partial charge in [-0.3, -0.25) is 4.68 Å². The summed E-state index contributed by atoms with van der Waals surface area (Å²) in [6, 6.07) is 0. The molecule has 1 aromatic heterocycles. The monoisotopic (exact) mass is 237 g/mol. The highest BCUT2D eigenvalue weighted by Gasteiger charge is 2.24. The highest BCUT2D eigenvalue weighted by molar-refractivity contribution is 5.02. The van der Waals surface area contributed by atoms with Crippen LogP contribution < -0.4 is 0 Å². The summed E-state index contributed by atoms with van der Waals surface area (Å²) in [5.74, 6) is 0.520. The van der Waals surface area contributed by atoms with Crippen LogP contribution in [0.15, 0.2) is 12.4 Å². The van der Waals surface area contributed by atoms with Gasteiger partial charge in [0, 0.05) is 25.4 Å². The summed E-state index contributed by atoms with van der Waals surface area (Å²) in [5.41, 5.74) is 1.25. The first-order chi connectivity index (χ1) is 8.15. The molecule has 2 rings (SSSR count). The molecule has 0 aliphatic heterocycles. The van der Waals surface area contributed by atoms with Gasteiger partial charge in [0.25, 0.3) is 0 Å². The SMILES string of the molecule is CN(CCC1CCCC1O)Cc1cnn(C)c1. The molecule has 0 bridgehead atoms. The Morgan fingerprint density at radius 1 is 1.53 bits per heavy atom. The number of nitrogens with zero attached hydrogens (tertiary/aromatic N) is 3. The van der Waals surface area contributed by atoms with Gasteiger partial charge in [0.2, 0.25) is 0 Å². The van der Waals surface area contributed by atoms with Crippen molar-refractivity contribution in [2.45, 2.75) is 38.3 Å². The maximum absolute atomic E-state index is 9.76. The van der Waals surface area contributed by atoms with Crippen molar-refractivity contribution in [2.75, 3.05) is 13.6 Å². The van der Waals surface area contributed by atoms with Crippen molar-refractivity contribution in [3.63, 3.8) is 0 Å². The fourth-order valence-corrected chi connectivity index (χ4v) is 2.68. The second-order valence-corrected chi connectivity index (χ2v) is 5.31. The van der Waals surface area contributed by atoms with Gasteiger partial charge in [-0.15, -0.1) is 0 Å². The number of hydrogen-bond donors (Lipinski definition) is 1. The molecule has 2 atom stereocenters. The molecule has 0 aromatic carbocycles. The molecule has 4 nitrogen and oxygen atoms in total. The van der Waals surface area contributed by atoms with Crippen LogP contribution in [0.3, 0.4) is 0 Å². The van der Waals surface area contributed by atoms with Crippen LogP contribution >= 0.6 is 0 Å². The summed E-state index contributed by atoms with van der Waals surface area (Å²) in [7, 11) is 4.08. The van der Waals surface area contributed by atoms with Crippen molar-refractivity contribution in [2.24, 2.45) is 13.0 Å². The van der Waals surface area contributed by atoms with Gasteiger partial charge < -0.3 is 10.0 Å². The Hall–Kier alpha value is -0.870. The van der Waals surface area contributed by atoms with Gasteiger partial charge >= 0.3 is 0 Å². The largest absolute Gasteiger partial charge is 0.393 e. The Morgan fingerprint density at radius 3 is 2.94 bits per heavy atom. The Kier molecular flexibility index (Phi) is 4.18. The van der Waals surface area contributed by atoms with Crippen molar-refractivity contribution in [1.29, 1.82) is 0 Å². The second kappa shape index (κ2) is 5.65. The maximum Gasteiger partial charge on any atom is 0.0568 e. The van der Waals surface area contributed by atoms with Crippen LogP contribution in [0.2, 0.25) is 0 Å². The van der Waals surface area contributed by atoms with Crippen molar-refractivity contribution < 1.29 is 5.11 Å². The molecule has 1 aliphatic carbocycles. The molecule has 0 spiro atoms. The van der Waals surface area contributed by atoms with E-state index in [4.69, 9.17) is 0 Å². The zero-order chi connectivity index (χ0) is 12.3. The molecule has 1 aliphatic rings. The lowest BCUT2D eigenvalue weighted by Gasteiger charge is -2.20. The van der Waals surface area contributed by atoms with Gasteiger partial charge in [-0.1, -0.05) is 6.42 Å². The van der Waals surface area contributed by atoms with E-state index in [1.165, 1.54) is 18.4 Å². The fraction of sp³-hybridized carbons (Fsp3) is 0.769. The lowest BCUT2D eigenvalue weighted by Crippen LogP contribution is -2.23. The van der Waals surface area contributed by atoms with E-state index in [1.807, 2.05) is 17.9 Å². The lowest BCUT2D eigenvalue weighted by molar-refractivity contribution is 0.120. The standard InChI is InChI=1S/C13H23N3O/c1-15(9-11-8-14-16(2)10-11)7-6-12-4-3-5-13(12)17/h8,10,12-13,17H,3-7,9H2,1-2H3. The molecular weight excluding hydrogens is 214 g/mol. The normalized spacial score (nSPS) is 24.7. The van der Waals surface area contributed by atoms with Crippen molar-refractivity contribution in [3.8, 4) is 0 Å². The average molecular weight is 237 g/mol. The predicted octanol–water partition coefficient (Wildman–Crippen LogP) is 1.40. The van der Waals surface area contributed by atoms with Crippen LogP contribution in [-0.4, -0.2) is 39.5 Å². The third kappa shape index (κ3) is 3.54. The van der Waals surface area contributed by atoms with E-state index in [0.717, 1.165) is 25.9 Å². The van der Waals surface area contributed by atoms with Crippen molar-refractivity contribution in [1.82, 2.24) is 14.7 Å². The lowest BCUT2D eigenvalue weighted by atomic mass is 10.0. The van der Waals surface area contributed by atoms with Gasteiger partial charge in [0.15, 0.2) is 0 Å². The van der Waals surface area contributed by atoms with Crippen LogP contribution in [0.5, 0.6) is 0 Å². The van der Waals surface area contributed by atoms with Crippen LogP contribution in [0, 0.1) is 5.92 Å². The molecular formula is C13H23N3O. The van der Waals surface area contributed by atoms with E-state index in [-0.39, 0.29) is 6.10 Å². The molecule has 0 amide bonds. The number of aliphatic hydroxyl groups excluding tert-OH is 1. The van der Waals surface area contributed by atoms with Crippen molar-refractivity contribution >= 4 is 0 Å². The van der Waals surface area contributed by atoms with Crippen LogP contribution in [0.1, 0.15) is 31.2 Å². The summed E-state index contributed by atoms with van der Waals surface area (Å²) in [4.78, 5) is 2.31. The van der Waals surface area contributed by atoms with E-state index in [1.54, 1.807) is 0 Å². The first-order valence-electron chi connectivity index (χ1n) is 6.49. The predicted molar refractivity (Wildman–Crippen MR) is 67.5 cm³/mol. The number of rotatable bonds is 5. The second-order valence-electron chi connectivity index (χ2n) is 5.31. The summed E-state index contributed by atoms with van der Waals surface area (Å²) in [6.07, 6.45) is 8.42. The Bertz CT molecular complexity index is 350. The van der Waals surface area contributed by atoms with Crippen molar-refractivity contribution in [3.05, 3.63) is 18.0 Å². The zero-order valence-corrected chi connectivity index (χ0v) is 10.8. The molecule has 96 valence electrons. The van der Waals surface area contributed by atoms with Gasteiger partial charge in [-0.25, -0.2) is 0 Å². The van der Waals surface area contributed by atoms with Gasteiger partial charge in [0.05, 0.1) is 12.3 Å². The summed E-state index contributed by atoms with van der Waals surface area (Å²) in [5, 5.41) is 13.9. The Balaban J connectivity index is 1.72. The summed E-state index contributed by atoms with van der Waals surface area (Å²) >= 11 is 0. The topological polar surface area (TPSA) is 41.3 Å². The van der Waals surface area contributed by atoms with E-state index in [2.05, 4.69) is 23.2 Å². The quantitative estimate of drug-likeness (QED) is 0.841.